The molecular weight excluding hydrogens is 370 g/mol. The fourth-order valence-corrected chi connectivity index (χ4v) is 3.43. The van der Waals surface area contributed by atoms with E-state index in [1.165, 1.54) is 10.6 Å². The highest BCUT2D eigenvalue weighted by molar-refractivity contribution is 5.94. The van der Waals surface area contributed by atoms with Gasteiger partial charge in [0.2, 0.25) is 0 Å². The van der Waals surface area contributed by atoms with Gasteiger partial charge in [-0.1, -0.05) is 6.07 Å². The number of nitrogens with one attached hydrogen (secondary N) is 2. The number of alkyl carbamates (subject to hydrolysis) is 1. The van der Waals surface area contributed by atoms with Crippen LogP contribution in [0.5, 0.6) is 0 Å². The topological polar surface area (TPSA) is 89.4 Å². The Morgan fingerprint density at radius 1 is 1.00 bits per heavy atom. The van der Waals surface area contributed by atoms with Crippen molar-refractivity contribution in [3.05, 3.63) is 64.6 Å². The first-order chi connectivity index (χ1) is 13.7. The molecule has 2 N–H and O–H groups in total. The third-order valence-corrected chi connectivity index (χ3v) is 4.76. The lowest BCUT2D eigenvalue weighted by Crippen LogP contribution is -2.49. The van der Waals surface area contributed by atoms with E-state index in [1.54, 1.807) is 42.6 Å². The molecule has 2 aromatic rings. The van der Waals surface area contributed by atoms with Crippen molar-refractivity contribution in [2.24, 2.45) is 0 Å². The molecule has 1 aliphatic carbocycles. The van der Waals surface area contributed by atoms with Crippen LogP contribution in [0.2, 0.25) is 0 Å². The summed E-state index contributed by atoms with van der Waals surface area (Å²) < 4.78 is 6.83. The van der Waals surface area contributed by atoms with E-state index >= 15 is 0 Å². The van der Waals surface area contributed by atoms with Crippen molar-refractivity contribution in [2.75, 3.05) is 0 Å². The highest BCUT2D eigenvalue weighted by Gasteiger charge is 2.31. The minimum Gasteiger partial charge on any atom is -0.444 e. The summed E-state index contributed by atoms with van der Waals surface area (Å²) in [5.41, 5.74) is 0.494. The Bertz CT molecular complexity index is 928. The Morgan fingerprint density at radius 2 is 1.66 bits per heavy atom. The van der Waals surface area contributed by atoms with Crippen LogP contribution in [0.4, 0.5) is 4.79 Å². The zero-order chi connectivity index (χ0) is 21.0. The highest BCUT2D eigenvalue weighted by atomic mass is 16.6. The van der Waals surface area contributed by atoms with E-state index in [9.17, 15) is 14.4 Å². The molecule has 7 nitrogen and oxygen atoms in total. The number of aromatic nitrogens is 1. The van der Waals surface area contributed by atoms with Gasteiger partial charge in [-0.25, -0.2) is 4.79 Å². The maximum Gasteiger partial charge on any atom is 0.407 e. The molecule has 0 aliphatic heterocycles. The quantitative estimate of drug-likeness (QED) is 0.830. The maximum absolute atomic E-state index is 12.7. The van der Waals surface area contributed by atoms with Gasteiger partial charge in [-0.05, 0) is 70.4 Å². The van der Waals surface area contributed by atoms with Gasteiger partial charge in [0.1, 0.15) is 5.60 Å². The molecule has 154 valence electrons. The number of pyridine rings is 1. The van der Waals surface area contributed by atoms with Crippen molar-refractivity contribution < 1.29 is 14.3 Å². The van der Waals surface area contributed by atoms with Gasteiger partial charge in [-0.3, -0.25) is 14.2 Å². The standard InChI is InChI=1S/C22H27N3O4/c1-22(2,3)29-21(28)24-18-8-6-7-17(18)23-20(27)15-10-12-16(13-11-15)25-14-5-4-9-19(25)26/h4-5,9-14,17-18H,6-8H2,1-3H3,(H,23,27)(H,24,28)/t17?,18-/m0/s1. The molecule has 2 amide bonds. The fraction of sp³-hybridized carbons (Fsp3) is 0.409. The lowest BCUT2D eigenvalue weighted by molar-refractivity contribution is 0.0495. The minimum atomic E-state index is -0.566. The van der Waals surface area contributed by atoms with Crippen molar-refractivity contribution in [3.8, 4) is 5.69 Å². The first-order valence-corrected chi connectivity index (χ1v) is 9.81. The molecule has 0 spiro atoms. The summed E-state index contributed by atoms with van der Waals surface area (Å²) in [6.07, 6.45) is 3.72. The van der Waals surface area contributed by atoms with E-state index in [0.29, 0.717) is 11.3 Å². The smallest absolute Gasteiger partial charge is 0.407 e. The third kappa shape index (κ3) is 5.47. The fourth-order valence-electron chi connectivity index (χ4n) is 3.43. The summed E-state index contributed by atoms with van der Waals surface area (Å²) in [5, 5.41) is 5.87. The largest absolute Gasteiger partial charge is 0.444 e. The molecule has 1 aliphatic rings. The van der Waals surface area contributed by atoms with Crippen molar-refractivity contribution >= 4 is 12.0 Å². The maximum atomic E-state index is 12.7. The first-order valence-electron chi connectivity index (χ1n) is 9.81. The SMILES string of the molecule is CC(C)(C)OC(=O)N[C@H]1CCCC1NC(=O)c1ccc(-n2ccccc2=O)cc1. The molecule has 1 aromatic carbocycles. The van der Waals surface area contributed by atoms with Gasteiger partial charge < -0.3 is 15.4 Å². The zero-order valence-electron chi connectivity index (χ0n) is 17.0. The van der Waals surface area contributed by atoms with Crippen molar-refractivity contribution in [3.63, 3.8) is 0 Å². The van der Waals surface area contributed by atoms with Crippen LogP contribution in [0.15, 0.2) is 53.5 Å². The van der Waals surface area contributed by atoms with E-state index in [1.807, 2.05) is 20.8 Å². The van der Waals surface area contributed by atoms with E-state index in [4.69, 9.17) is 4.74 Å². The van der Waals surface area contributed by atoms with Crippen LogP contribution in [0.25, 0.3) is 5.69 Å². The van der Waals surface area contributed by atoms with Gasteiger partial charge in [-0.15, -0.1) is 0 Å². The highest BCUT2D eigenvalue weighted by Crippen LogP contribution is 2.20. The number of amides is 2. The number of carbonyl (C=O) groups is 2. The normalized spacial score (nSPS) is 18.9. The Labute approximate surface area is 170 Å². The summed E-state index contributed by atoms with van der Waals surface area (Å²) in [4.78, 5) is 36.6. The van der Waals surface area contributed by atoms with E-state index in [0.717, 1.165) is 19.3 Å². The molecule has 1 unspecified atom stereocenters. The molecule has 0 bridgehead atoms. The van der Waals surface area contributed by atoms with Crippen LogP contribution in [0, 0.1) is 0 Å². The lowest BCUT2D eigenvalue weighted by atomic mass is 10.1. The Kier molecular flexibility index (Phi) is 6.06. The van der Waals surface area contributed by atoms with Crippen molar-refractivity contribution in [1.29, 1.82) is 0 Å². The van der Waals surface area contributed by atoms with Gasteiger partial charge >= 0.3 is 6.09 Å². The van der Waals surface area contributed by atoms with Crippen LogP contribution < -0.4 is 16.2 Å². The molecule has 1 aromatic heterocycles. The third-order valence-electron chi connectivity index (χ3n) is 4.76. The molecule has 1 fully saturated rings. The van der Waals surface area contributed by atoms with Gasteiger partial charge in [0, 0.05) is 29.6 Å². The number of benzene rings is 1. The summed E-state index contributed by atoms with van der Waals surface area (Å²) in [6.45, 7) is 5.44. The molecule has 29 heavy (non-hydrogen) atoms. The van der Waals surface area contributed by atoms with Crippen LogP contribution in [-0.2, 0) is 4.74 Å². The summed E-state index contributed by atoms with van der Waals surface area (Å²) in [7, 11) is 0. The molecule has 0 radical (unpaired) electrons. The Balaban J connectivity index is 1.63. The average Bonchev–Trinajstić information content (AvgIpc) is 3.07. The van der Waals surface area contributed by atoms with Gasteiger partial charge in [0.05, 0.1) is 6.04 Å². The zero-order valence-corrected chi connectivity index (χ0v) is 17.0. The van der Waals surface area contributed by atoms with Gasteiger partial charge in [0.25, 0.3) is 11.5 Å². The van der Waals surface area contributed by atoms with E-state index < -0.39 is 11.7 Å². The van der Waals surface area contributed by atoms with E-state index in [-0.39, 0.29) is 23.6 Å². The predicted molar refractivity (Wildman–Crippen MR) is 110 cm³/mol. The number of nitrogens with zero attached hydrogens (tertiary/aromatic N) is 1. The second kappa shape index (κ2) is 8.51. The van der Waals surface area contributed by atoms with Gasteiger partial charge in [-0.2, -0.15) is 0 Å². The van der Waals surface area contributed by atoms with Crippen molar-refractivity contribution in [1.82, 2.24) is 15.2 Å². The van der Waals surface area contributed by atoms with Gasteiger partial charge in [0.15, 0.2) is 0 Å². The number of hydrogen-bond acceptors (Lipinski definition) is 4. The summed E-state index contributed by atoms with van der Waals surface area (Å²) >= 11 is 0. The molecule has 1 saturated carbocycles. The Hall–Kier alpha value is -3.09. The van der Waals surface area contributed by atoms with Crippen LogP contribution in [0.3, 0.4) is 0 Å². The Morgan fingerprint density at radius 3 is 2.28 bits per heavy atom. The number of ether oxygens (including phenoxy) is 1. The number of hydrogen-bond donors (Lipinski definition) is 2. The van der Waals surface area contributed by atoms with Crippen LogP contribution >= 0.6 is 0 Å². The minimum absolute atomic E-state index is 0.133. The predicted octanol–water partition coefficient (Wildman–Crippen LogP) is 3.01. The lowest BCUT2D eigenvalue weighted by Gasteiger charge is -2.25. The molecule has 3 rings (SSSR count). The molecule has 1 heterocycles. The molecule has 0 saturated heterocycles. The molecule has 7 heteroatoms. The van der Waals surface area contributed by atoms with Crippen molar-refractivity contribution in [2.45, 2.75) is 57.7 Å². The molecular formula is C22H27N3O4. The first kappa shape index (κ1) is 20.6. The second-order valence-corrected chi connectivity index (χ2v) is 8.22. The van der Waals surface area contributed by atoms with Crippen LogP contribution in [0.1, 0.15) is 50.4 Å². The summed E-state index contributed by atoms with van der Waals surface area (Å²) in [5.74, 6) is -0.208. The van der Waals surface area contributed by atoms with Crippen LogP contribution in [-0.4, -0.2) is 34.3 Å². The summed E-state index contributed by atoms with van der Waals surface area (Å²) in [6, 6.07) is 11.5. The molecule has 2 atom stereocenters. The van der Waals surface area contributed by atoms with E-state index in [2.05, 4.69) is 10.6 Å². The monoisotopic (exact) mass is 397 g/mol. The second-order valence-electron chi connectivity index (χ2n) is 8.22. The average molecular weight is 397 g/mol. The number of rotatable bonds is 4. The number of carbonyl (C=O) groups excluding carboxylic acids is 2.